The summed E-state index contributed by atoms with van der Waals surface area (Å²) in [6, 6.07) is 16.6. The number of aliphatic hydroxyl groups is 1. The summed E-state index contributed by atoms with van der Waals surface area (Å²) < 4.78 is 5.69. The van der Waals surface area contributed by atoms with Crippen LogP contribution < -0.4 is 21.3 Å². The molecule has 0 saturated carbocycles. The normalized spacial score (nSPS) is 21.1. The lowest BCUT2D eigenvalue weighted by atomic mass is 10.0. The third-order valence-electron chi connectivity index (χ3n) is 3.15. The van der Waals surface area contributed by atoms with Crippen LogP contribution in [0.2, 0.25) is 0 Å². The van der Waals surface area contributed by atoms with Gasteiger partial charge in [0.05, 0.1) is 5.70 Å². The minimum Gasteiger partial charge on any atom is -0.457 e. The summed E-state index contributed by atoms with van der Waals surface area (Å²) in [5.41, 5.74) is 10.7. The van der Waals surface area contributed by atoms with Crippen LogP contribution in [0.3, 0.4) is 0 Å². The van der Waals surface area contributed by atoms with Gasteiger partial charge in [-0.1, -0.05) is 30.3 Å². The Morgan fingerprint density at radius 1 is 0.950 bits per heavy atom. The maximum atomic E-state index is 10.4. The average molecular weight is 269 g/mol. The summed E-state index contributed by atoms with van der Waals surface area (Å²) in [5, 5.41) is 10.4. The van der Waals surface area contributed by atoms with Gasteiger partial charge in [0.2, 0.25) is 5.72 Å². The minimum atomic E-state index is -1.38. The van der Waals surface area contributed by atoms with Crippen molar-refractivity contribution in [2.45, 2.75) is 5.72 Å². The van der Waals surface area contributed by atoms with Crippen LogP contribution in [0.5, 0.6) is 11.5 Å². The maximum absolute atomic E-state index is 10.4. The van der Waals surface area contributed by atoms with E-state index in [2.05, 4.69) is 10.9 Å². The van der Waals surface area contributed by atoms with Crippen molar-refractivity contribution in [3.8, 4) is 11.5 Å². The molecule has 5 nitrogen and oxygen atoms in total. The first-order valence-electron chi connectivity index (χ1n) is 6.23. The number of hydrogen-bond acceptors (Lipinski definition) is 5. The first-order chi connectivity index (χ1) is 9.68. The molecule has 0 aliphatic carbocycles. The summed E-state index contributed by atoms with van der Waals surface area (Å²) in [6.07, 6.45) is 1.52. The molecule has 1 aliphatic rings. The fourth-order valence-corrected chi connectivity index (χ4v) is 2.02. The van der Waals surface area contributed by atoms with Gasteiger partial charge < -0.3 is 21.0 Å². The zero-order valence-electron chi connectivity index (χ0n) is 10.7. The van der Waals surface area contributed by atoms with Gasteiger partial charge in [-0.15, -0.1) is 0 Å². The van der Waals surface area contributed by atoms with E-state index in [9.17, 15) is 5.11 Å². The molecule has 1 unspecified atom stereocenters. The van der Waals surface area contributed by atoms with Gasteiger partial charge in [0.15, 0.2) is 0 Å². The van der Waals surface area contributed by atoms with Crippen LogP contribution in [0, 0.1) is 0 Å². The van der Waals surface area contributed by atoms with Crippen LogP contribution in [0.1, 0.15) is 5.56 Å². The number of para-hydroxylation sites is 1. The molecule has 1 aliphatic heterocycles. The van der Waals surface area contributed by atoms with Gasteiger partial charge in [-0.05, 0) is 24.3 Å². The molecule has 0 fully saturated rings. The van der Waals surface area contributed by atoms with Crippen molar-refractivity contribution in [2.24, 2.45) is 5.73 Å². The quantitative estimate of drug-likeness (QED) is 0.679. The summed E-state index contributed by atoms with van der Waals surface area (Å²) in [6.45, 7) is 0. The van der Waals surface area contributed by atoms with E-state index in [0.29, 0.717) is 17.0 Å². The first-order valence-corrected chi connectivity index (χ1v) is 6.23. The van der Waals surface area contributed by atoms with Crippen molar-refractivity contribution in [3.05, 3.63) is 72.1 Å². The van der Waals surface area contributed by atoms with Gasteiger partial charge in [0.25, 0.3) is 0 Å². The molecule has 2 aromatic rings. The van der Waals surface area contributed by atoms with Crippen LogP contribution in [-0.2, 0) is 5.72 Å². The molecule has 102 valence electrons. The molecule has 0 amide bonds. The molecule has 3 rings (SSSR count). The lowest BCUT2D eigenvalue weighted by Gasteiger charge is -2.24. The van der Waals surface area contributed by atoms with Crippen molar-refractivity contribution in [2.75, 3.05) is 0 Å². The van der Waals surface area contributed by atoms with Crippen LogP contribution >= 0.6 is 0 Å². The smallest absolute Gasteiger partial charge is 0.201 e. The third kappa shape index (κ3) is 2.20. The SMILES string of the molecule is NC1=CNNC1(O)c1ccc(Oc2ccccc2)cc1. The summed E-state index contributed by atoms with van der Waals surface area (Å²) in [5.74, 6) is 1.45. The van der Waals surface area contributed by atoms with E-state index in [1.54, 1.807) is 24.3 Å². The van der Waals surface area contributed by atoms with Crippen molar-refractivity contribution < 1.29 is 9.84 Å². The van der Waals surface area contributed by atoms with E-state index < -0.39 is 5.72 Å². The van der Waals surface area contributed by atoms with Crippen LogP contribution in [-0.4, -0.2) is 5.11 Å². The van der Waals surface area contributed by atoms with Crippen molar-refractivity contribution >= 4 is 0 Å². The molecule has 1 atom stereocenters. The van der Waals surface area contributed by atoms with Gasteiger partial charge in [-0.3, -0.25) is 0 Å². The van der Waals surface area contributed by atoms with Crippen LogP contribution in [0.25, 0.3) is 0 Å². The highest BCUT2D eigenvalue weighted by Gasteiger charge is 2.35. The van der Waals surface area contributed by atoms with E-state index in [0.717, 1.165) is 5.75 Å². The maximum Gasteiger partial charge on any atom is 0.201 e. The van der Waals surface area contributed by atoms with Gasteiger partial charge in [-0.2, -0.15) is 5.43 Å². The Balaban J connectivity index is 1.80. The molecule has 2 aromatic carbocycles. The van der Waals surface area contributed by atoms with E-state index in [1.807, 2.05) is 30.3 Å². The number of hydrogen-bond donors (Lipinski definition) is 4. The highest BCUT2D eigenvalue weighted by molar-refractivity contribution is 5.38. The second-order valence-corrected chi connectivity index (χ2v) is 4.52. The highest BCUT2D eigenvalue weighted by atomic mass is 16.5. The molecule has 0 aromatic heterocycles. The molecule has 1 heterocycles. The minimum absolute atomic E-state index is 0.314. The Labute approximate surface area is 116 Å². The Kier molecular flexibility index (Phi) is 3.06. The number of nitrogens with one attached hydrogen (secondary N) is 2. The van der Waals surface area contributed by atoms with Crippen LogP contribution in [0.15, 0.2) is 66.5 Å². The van der Waals surface area contributed by atoms with Gasteiger partial charge in [0.1, 0.15) is 11.5 Å². The summed E-state index contributed by atoms with van der Waals surface area (Å²) in [4.78, 5) is 0. The summed E-state index contributed by atoms with van der Waals surface area (Å²) in [7, 11) is 0. The zero-order valence-corrected chi connectivity index (χ0v) is 10.7. The Bertz CT molecular complexity index is 625. The van der Waals surface area contributed by atoms with E-state index in [1.165, 1.54) is 6.20 Å². The number of rotatable bonds is 3. The first kappa shape index (κ1) is 12.5. The molecular formula is C15H15N3O2. The average Bonchev–Trinajstić information content (AvgIpc) is 2.82. The number of hydrazine groups is 1. The van der Waals surface area contributed by atoms with E-state index >= 15 is 0 Å². The lowest BCUT2D eigenvalue weighted by Crippen LogP contribution is -2.45. The largest absolute Gasteiger partial charge is 0.457 e. The van der Waals surface area contributed by atoms with Gasteiger partial charge in [-0.25, -0.2) is 0 Å². The molecule has 5 N–H and O–H groups in total. The Hall–Kier alpha value is -2.50. The van der Waals surface area contributed by atoms with Crippen molar-refractivity contribution in [1.29, 1.82) is 0 Å². The molecule has 20 heavy (non-hydrogen) atoms. The van der Waals surface area contributed by atoms with Gasteiger partial charge >= 0.3 is 0 Å². The molecule has 5 heteroatoms. The third-order valence-corrected chi connectivity index (χ3v) is 3.15. The lowest BCUT2D eigenvalue weighted by molar-refractivity contribution is 0.0404. The second kappa shape index (κ2) is 4.88. The summed E-state index contributed by atoms with van der Waals surface area (Å²) >= 11 is 0. The van der Waals surface area contributed by atoms with E-state index in [4.69, 9.17) is 10.5 Å². The monoisotopic (exact) mass is 269 g/mol. The molecule has 0 bridgehead atoms. The van der Waals surface area contributed by atoms with Crippen LogP contribution in [0.4, 0.5) is 0 Å². The van der Waals surface area contributed by atoms with Crippen molar-refractivity contribution in [1.82, 2.24) is 10.9 Å². The van der Waals surface area contributed by atoms with Gasteiger partial charge in [0, 0.05) is 11.8 Å². The number of ether oxygens (including phenoxy) is 1. The Morgan fingerprint density at radius 2 is 1.60 bits per heavy atom. The molecular weight excluding hydrogens is 254 g/mol. The number of nitrogens with two attached hydrogens (primary N) is 1. The zero-order chi connectivity index (χ0) is 14.0. The predicted molar refractivity (Wildman–Crippen MR) is 75.4 cm³/mol. The van der Waals surface area contributed by atoms with Crippen molar-refractivity contribution in [3.63, 3.8) is 0 Å². The van der Waals surface area contributed by atoms with E-state index in [-0.39, 0.29) is 0 Å². The fraction of sp³-hybridized carbons (Fsp3) is 0.0667. The fourth-order valence-electron chi connectivity index (χ4n) is 2.02. The highest BCUT2D eigenvalue weighted by Crippen LogP contribution is 2.28. The predicted octanol–water partition coefficient (Wildman–Crippen LogP) is 1.53. The molecule has 0 saturated heterocycles. The Morgan fingerprint density at radius 3 is 2.20 bits per heavy atom. The topological polar surface area (TPSA) is 79.5 Å². The standard InChI is InChI=1S/C15H15N3O2/c16-14-10-17-18-15(14,19)11-6-8-13(9-7-11)20-12-4-2-1-3-5-12/h1-10,17-19H,16H2. The second-order valence-electron chi connectivity index (χ2n) is 4.52. The number of benzene rings is 2. The molecule has 0 radical (unpaired) electrons. The molecule has 0 spiro atoms.